The van der Waals surface area contributed by atoms with E-state index in [0.29, 0.717) is 27.9 Å². The van der Waals surface area contributed by atoms with Gasteiger partial charge in [-0.3, -0.25) is 9.59 Å². The van der Waals surface area contributed by atoms with Gasteiger partial charge in [0.2, 0.25) is 5.91 Å². The fourth-order valence-electron chi connectivity index (χ4n) is 3.54. The maximum absolute atomic E-state index is 12.9. The van der Waals surface area contributed by atoms with Gasteiger partial charge < -0.3 is 20.1 Å². The van der Waals surface area contributed by atoms with Crippen molar-refractivity contribution in [2.75, 3.05) is 5.32 Å². The Bertz CT molecular complexity index is 1190. The number of nitrogens with one attached hydrogen (secondary N) is 1. The number of carbonyl (C=O) groups excluding carboxylic acids is 1. The van der Waals surface area contributed by atoms with Crippen LogP contribution in [0.25, 0.3) is 0 Å². The molecule has 1 atom stereocenters. The second kappa shape index (κ2) is 7.87. The molecule has 2 heterocycles. The minimum absolute atomic E-state index is 0.0595. The quantitative estimate of drug-likeness (QED) is 0.338. The highest BCUT2D eigenvalue weighted by Gasteiger charge is 2.32. The van der Waals surface area contributed by atoms with Crippen molar-refractivity contribution in [2.45, 2.75) is 30.2 Å². The molecule has 0 spiro atoms. The maximum Gasteiger partial charge on any atom is 0.279 e. The largest absolute Gasteiger partial charge is 0.504 e. The zero-order valence-electron chi connectivity index (χ0n) is 16.5. The van der Waals surface area contributed by atoms with Crippen LogP contribution >= 0.6 is 11.8 Å². The van der Waals surface area contributed by atoms with Crippen LogP contribution in [0, 0.1) is 6.92 Å². The second-order valence-corrected chi connectivity index (χ2v) is 8.29. The summed E-state index contributed by atoms with van der Waals surface area (Å²) >= 11 is 1.42. The minimum atomic E-state index is -0.553. The normalized spacial score (nSPS) is 15.5. The van der Waals surface area contributed by atoms with Gasteiger partial charge >= 0.3 is 0 Å². The van der Waals surface area contributed by atoms with E-state index in [1.165, 1.54) is 29.5 Å². The molecule has 0 saturated heterocycles. The molecule has 8 heteroatoms. The molecule has 0 fully saturated rings. The van der Waals surface area contributed by atoms with E-state index in [0.717, 1.165) is 5.56 Å². The number of nitrogens with zero attached hydrogens (tertiary/aromatic N) is 2. The van der Waals surface area contributed by atoms with Crippen molar-refractivity contribution in [3.63, 3.8) is 0 Å². The van der Waals surface area contributed by atoms with Gasteiger partial charge in [0.05, 0.1) is 5.56 Å². The van der Waals surface area contributed by atoms with Crippen LogP contribution in [0.5, 0.6) is 11.5 Å². The summed E-state index contributed by atoms with van der Waals surface area (Å²) in [6.45, 7) is 2.03. The number of amides is 1. The molecule has 0 aliphatic carbocycles. The molecule has 30 heavy (non-hydrogen) atoms. The maximum atomic E-state index is 12.9. The van der Waals surface area contributed by atoms with E-state index < -0.39 is 11.5 Å². The molecule has 7 nitrogen and oxygen atoms in total. The number of benzene rings is 2. The van der Waals surface area contributed by atoms with Crippen LogP contribution in [-0.2, 0) is 17.6 Å². The molecule has 3 N–H and O–H groups in total. The fourth-order valence-corrected chi connectivity index (χ4v) is 4.46. The van der Waals surface area contributed by atoms with Gasteiger partial charge in [0.1, 0.15) is 5.82 Å². The number of carbonyl (C=O) groups is 1. The van der Waals surface area contributed by atoms with Crippen LogP contribution < -0.4 is 10.9 Å². The molecular formula is C22H21N3O4S. The third kappa shape index (κ3) is 3.78. The third-order valence-electron chi connectivity index (χ3n) is 5.19. The van der Waals surface area contributed by atoms with E-state index in [9.17, 15) is 19.8 Å². The van der Waals surface area contributed by atoms with Gasteiger partial charge in [-0.15, -0.1) is 0 Å². The lowest BCUT2D eigenvalue weighted by molar-refractivity contribution is -0.116. The van der Waals surface area contributed by atoms with E-state index in [4.69, 9.17) is 0 Å². The molecule has 0 radical (unpaired) electrons. The molecule has 2 aromatic carbocycles. The van der Waals surface area contributed by atoms with E-state index in [2.05, 4.69) is 10.3 Å². The topological polar surface area (TPSA) is 104 Å². The molecule has 0 unspecified atom stereocenters. The Hall–Kier alpha value is -3.26. The van der Waals surface area contributed by atoms with E-state index >= 15 is 0 Å². The third-order valence-corrected chi connectivity index (χ3v) is 6.29. The highest BCUT2D eigenvalue weighted by Crippen LogP contribution is 2.38. The minimum Gasteiger partial charge on any atom is -0.504 e. The number of rotatable bonds is 4. The monoisotopic (exact) mass is 423 g/mol. The summed E-state index contributed by atoms with van der Waals surface area (Å²) in [6, 6.07) is 12.5. The molecule has 1 amide bonds. The number of aromatic nitrogens is 2. The van der Waals surface area contributed by atoms with Gasteiger partial charge in [-0.2, -0.15) is 4.98 Å². The lowest BCUT2D eigenvalue weighted by atomic mass is 9.86. The van der Waals surface area contributed by atoms with Crippen LogP contribution in [0.1, 0.15) is 34.6 Å². The standard InChI is InChI=1S/C22H21N3O4S/c1-12-3-5-13(6-4-12)11-30-22-24-21(29)19-15(10-18(28)23-20(19)25(22)2)14-7-8-16(26)17(27)9-14/h3-9,15,26-27H,10-11H2,1-2H3,(H,23,28)/t15-/m1/s1. The Morgan fingerprint density at radius 3 is 2.57 bits per heavy atom. The van der Waals surface area contributed by atoms with Gasteiger partial charge in [0.15, 0.2) is 16.7 Å². The molecule has 154 valence electrons. The predicted molar refractivity (Wildman–Crippen MR) is 115 cm³/mol. The average molecular weight is 423 g/mol. The van der Waals surface area contributed by atoms with Crippen LogP contribution in [0.15, 0.2) is 52.4 Å². The van der Waals surface area contributed by atoms with E-state index in [-0.39, 0.29) is 23.8 Å². The zero-order valence-corrected chi connectivity index (χ0v) is 17.4. The predicted octanol–water partition coefficient (Wildman–Crippen LogP) is 3.27. The first-order chi connectivity index (χ1) is 14.3. The van der Waals surface area contributed by atoms with Crippen molar-refractivity contribution in [2.24, 2.45) is 7.05 Å². The Morgan fingerprint density at radius 2 is 1.87 bits per heavy atom. The number of thioether (sulfide) groups is 1. The highest BCUT2D eigenvalue weighted by molar-refractivity contribution is 7.98. The summed E-state index contributed by atoms with van der Waals surface area (Å²) in [5.41, 5.74) is 2.82. The van der Waals surface area contributed by atoms with Crippen molar-refractivity contribution in [3.05, 3.63) is 75.1 Å². The zero-order chi connectivity index (χ0) is 21.4. The number of aryl methyl sites for hydroxylation is 1. The number of phenolic OH excluding ortho intramolecular Hbond substituents is 2. The number of phenols is 2. The SMILES string of the molecule is Cc1ccc(CSc2nc(=O)c3c(n2C)NC(=O)C[C@@H]3c2ccc(O)c(O)c2)cc1. The van der Waals surface area contributed by atoms with Gasteiger partial charge in [0.25, 0.3) is 5.56 Å². The summed E-state index contributed by atoms with van der Waals surface area (Å²) in [5.74, 6) is -0.278. The first kappa shape index (κ1) is 20.0. The molecule has 3 aromatic rings. The molecule has 1 aliphatic heterocycles. The number of fused-ring (bicyclic) bond motifs is 1. The summed E-state index contributed by atoms with van der Waals surface area (Å²) < 4.78 is 1.72. The fraction of sp³-hybridized carbons (Fsp3) is 0.227. The molecule has 1 aromatic heterocycles. The van der Waals surface area contributed by atoms with Crippen molar-refractivity contribution < 1.29 is 15.0 Å². The lowest BCUT2D eigenvalue weighted by Gasteiger charge is -2.27. The molecular weight excluding hydrogens is 402 g/mol. The van der Waals surface area contributed by atoms with Crippen molar-refractivity contribution in [1.29, 1.82) is 0 Å². The van der Waals surface area contributed by atoms with Gasteiger partial charge in [0, 0.05) is 25.1 Å². The average Bonchev–Trinajstić information content (AvgIpc) is 2.72. The molecule has 1 aliphatic rings. The van der Waals surface area contributed by atoms with Crippen molar-refractivity contribution >= 4 is 23.5 Å². The molecule has 0 saturated carbocycles. The van der Waals surface area contributed by atoms with Crippen molar-refractivity contribution in [1.82, 2.24) is 9.55 Å². The van der Waals surface area contributed by atoms with Crippen LogP contribution in [0.2, 0.25) is 0 Å². The summed E-state index contributed by atoms with van der Waals surface area (Å²) in [4.78, 5) is 29.6. The van der Waals surface area contributed by atoms with Gasteiger partial charge in [-0.05, 0) is 30.2 Å². The number of hydrogen-bond donors (Lipinski definition) is 3. The Morgan fingerprint density at radius 1 is 1.13 bits per heavy atom. The molecule has 4 rings (SSSR count). The number of hydrogen-bond acceptors (Lipinski definition) is 6. The number of anilines is 1. The van der Waals surface area contributed by atoms with Crippen molar-refractivity contribution in [3.8, 4) is 11.5 Å². The second-order valence-electron chi connectivity index (χ2n) is 7.35. The first-order valence-corrected chi connectivity index (χ1v) is 10.4. The van der Waals surface area contributed by atoms with Crippen LogP contribution in [0.4, 0.5) is 5.82 Å². The molecule has 0 bridgehead atoms. The van der Waals surface area contributed by atoms with Crippen LogP contribution in [-0.4, -0.2) is 25.7 Å². The lowest BCUT2D eigenvalue weighted by Crippen LogP contribution is -2.33. The summed E-state index contributed by atoms with van der Waals surface area (Å²) in [7, 11) is 1.76. The summed E-state index contributed by atoms with van der Waals surface area (Å²) in [6.07, 6.45) is 0.0595. The summed E-state index contributed by atoms with van der Waals surface area (Å²) in [5, 5.41) is 22.7. The van der Waals surface area contributed by atoms with E-state index in [1.807, 2.05) is 31.2 Å². The Kier molecular flexibility index (Phi) is 5.26. The van der Waals surface area contributed by atoms with Gasteiger partial charge in [-0.1, -0.05) is 47.7 Å². The Labute approximate surface area is 177 Å². The van der Waals surface area contributed by atoms with Crippen LogP contribution in [0.3, 0.4) is 0 Å². The number of aromatic hydroxyl groups is 2. The Balaban J connectivity index is 1.71. The highest BCUT2D eigenvalue weighted by atomic mass is 32.2. The van der Waals surface area contributed by atoms with E-state index in [1.54, 1.807) is 17.7 Å². The smallest absolute Gasteiger partial charge is 0.279 e. The van der Waals surface area contributed by atoms with Gasteiger partial charge in [-0.25, -0.2) is 0 Å². The first-order valence-electron chi connectivity index (χ1n) is 9.44.